The molecule has 0 amide bonds. The number of nitriles is 1. The summed E-state index contributed by atoms with van der Waals surface area (Å²) in [7, 11) is 0. The van der Waals surface area contributed by atoms with Crippen molar-refractivity contribution in [2.75, 3.05) is 5.43 Å². The lowest BCUT2D eigenvalue weighted by Gasteiger charge is -2.08. The molecule has 0 aliphatic rings. The summed E-state index contributed by atoms with van der Waals surface area (Å²) in [6, 6.07) is 15.4. The van der Waals surface area contributed by atoms with Gasteiger partial charge in [-0.1, -0.05) is 18.2 Å². The van der Waals surface area contributed by atoms with Gasteiger partial charge in [0.2, 0.25) is 5.69 Å². The minimum Gasteiger partial charge on any atom is -0.454 e. The first-order valence-corrected chi connectivity index (χ1v) is 7.77. The average molecular weight is 350 g/mol. The van der Waals surface area contributed by atoms with Gasteiger partial charge in [-0.25, -0.2) is 14.8 Å². The van der Waals surface area contributed by atoms with Crippen LogP contribution in [0, 0.1) is 24.1 Å². The van der Waals surface area contributed by atoms with E-state index < -0.39 is 5.82 Å². The largest absolute Gasteiger partial charge is 0.454 e. The van der Waals surface area contributed by atoms with Crippen molar-refractivity contribution in [3.63, 3.8) is 0 Å². The molecule has 3 rings (SSSR count). The number of aryl methyl sites for hydroxylation is 1. The minimum atomic E-state index is -0.505. The van der Waals surface area contributed by atoms with Crippen molar-refractivity contribution >= 4 is 11.6 Å². The molecule has 1 heterocycles. The SMILES string of the molecule is C/C(=N\Nc1oc(C)nc1C#N)c1ccc(Oc2ccccc2)c(F)c1. The van der Waals surface area contributed by atoms with Crippen LogP contribution in [-0.4, -0.2) is 10.7 Å². The lowest BCUT2D eigenvalue weighted by molar-refractivity contribution is 0.442. The fourth-order valence-electron chi connectivity index (χ4n) is 2.20. The van der Waals surface area contributed by atoms with Gasteiger partial charge in [0.1, 0.15) is 11.8 Å². The van der Waals surface area contributed by atoms with Gasteiger partial charge in [0.25, 0.3) is 5.88 Å². The molecule has 1 aromatic heterocycles. The highest BCUT2D eigenvalue weighted by Crippen LogP contribution is 2.25. The summed E-state index contributed by atoms with van der Waals surface area (Å²) in [5, 5.41) is 13.1. The van der Waals surface area contributed by atoms with E-state index in [1.165, 1.54) is 12.1 Å². The summed E-state index contributed by atoms with van der Waals surface area (Å²) in [5.41, 5.74) is 3.82. The van der Waals surface area contributed by atoms with Crippen LogP contribution in [0.25, 0.3) is 0 Å². The third-order valence-corrected chi connectivity index (χ3v) is 3.49. The number of rotatable bonds is 5. The number of ether oxygens (including phenoxy) is 1. The van der Waals surface area contributed by atoms with Gasteiger partial charge in [-0.05, 0) is 37.3 Å². The van der Waals surface area contributed by atoms with Gasteiger partial charge >= 0.3 is 0 Å². The number of hydrogen-bond acceptors (Lipinski definition) is 6. The predicted molar refractivity (Wildman–Crippen MR) is 94.7 cm³/mol. The maximum atomic E-state index is 14.3. The second kappa shape index (κ2) is 7.49. The molecular formula is C19H15FN4O2. The summed E-state index contributed by atoms with van der Waals surface area (Å²) < 4.78 is 25.1. The fraction of sp³-hybridized carbons (Fsp3) is 0.105. The summed E-state index contributed by atoms with van der Waals surface area (Å²) in [5.74, 6) is 0.669. The standard InChI is InChI=1S/C19H15FN4O2/c1-12(23-24-19-17(11-21)22-13(2)25-19)14-8-9-18(16(20)10-14)26-15-6-4-3-5-7-15/h3-10,24H,1-2H3/b23-12+. The van der Waals surface area contributed by atoms with Gasteiger partial charge in [-0.3, -0.25) is 0 Å². The number of nitrogens with zero attached hydrogens (tertiary/aromatic N) is 3. The van der Waals surface area contributed by atoms with E-state index in [2.05, 4.69) is 15.5 Å². The third kappa shape index (κ3) is 3.87. The molecule has 3 aromatic rings. The highest BCUT2D eigenvalue weighted by atomic mass is 19.1. The van der Waals surface area contributed by atoms with Gasteiger partial charge in [0.05, 0.1) is 5.71 Å². The van der Waals surface area contributed by atoms with E-state index in [1.807, 2.05) is 24.3 Å². The van der Waals surface area contributed by atoms with Crippen LogP contribution >= 0.6 is 0 Å². The Morgan fingerprint density at radius 3 is 2.73 bits per heavy atom. The maximum Gasteiger partial charge on any atom is 0.252 e. The van der Waals surface area contributed by atoms with Crippen molar-refractivity contribution in [3.05, 3.63) is 71.5 Å². The van der Waals surface area contributed by atoms with E-state index in [0.717, 1.165) is 0 Å². The Morgan fingerprint density at radius 2 is 2.04 bits per heavy atom. The molecule has 0 atom stereocenters. The number of anilines is 1. The number of para-hydroxylation sites is 1. The lowest BCUT2D eigenvalue weighted by Crippen LogP contribution is -2.01. The molecular weight excluding hydrogens is 335 g/mol. The third-order valence-electron chi connectivity index (χ3n) is 3.49. The second-order valence-corrected chi connectivity index (χ2v) is 5.39. The molecule has 0 spiro atoms. The van der Waals surface area contributed by atoms with Crippen LogP contribution in [0.5, 0.6) is 11.5 Å². The van der Waals surface area contributed by atoms with Crippen LogP contribution in [0.15, 0.2) is 58.0 Å². The summed E-state index contributed by atoms with van der Waals surface area (Å²) in [6.45, 7) is 3.33. The molecule has 0 aliphatic carbocycles. The summed E-state index contributed by atoms with van der Waals surface area (Å²) >= 11 is 0. The molecule has 0 aliphatic heterocycles. The van der Waals surface area contributed by atoms with Gasteiger partial charge in [-0.2, -0.15) is 10.4 Å². The molecule has 1 N–H and O–H groups in total. The van der Waals surface area contributed by atoms with E-state index >= 15 is 0 Å². The van der Waals surface area contributed by atoms with E-state index in [1.54, 1.807) is 32.0 Å². The summed E-state index contributed by atoms with van der Waals surface area (Å²) in [4.78, 5) is 3.91. The molecule has 26 heavy (non-hydrogen) atoms. The first-order valence-electron chi connectivity index (χ1n) is 7.77. The fourth-order valence-corrected chi connectivity index (χ4v) is 2.20. The second-order valence-electron chi connectivity index (χ2n) is 5.39. The molecule has 0 unspecified atom stereocenters. The normalized spacial score (nSPS) is 11.1. The molecule has 130 valence electrons. The molecule has 0 fully saturated rings. The first kappa shape index (κ1) is 17.2. The van der Waals surface area contributed by atoms with E-state index in [0.29, 0.717) is 22.9 Å². The minimum absolute atomic E-state index is 0.108. The maximum absolute atomic E-state index is 14.3. The zero-order valence-corrected chi connectivity index (χ0v) is 14.2. The van der Waals surface area contributed by atoms with Gasteiger partial charge < -0.3 is 9.15 Å². The zero-order valence-electron chi connectivity index (χ0n) is 14.2. The Balaban J connectivity index is 1.76. The Kier molecular flexibility index (Phi) is 4.94. The quantitative estimate of drug-likeness (QED) is 0.536. The average Bonchev–Trinajstić information content (AvgIpc) is 3.02. The van der Waals surface area contributed by atoms with Crippen LogP contribution < -0.4 is 10.2 Å². The number of hydrogen-bond donors (Lipinski definition) is 1. The van der Waals surface area contributed by atoms with Crippen molar-refractivity contribution in [2.24, 2.45) is 5.10 Å². The number of oxazole rings is 1. The topological polar surface area (TPSA) is 83.4 Å². The first-order chi connectivity index (χ1) is 12.6. The van der Waals surface area contributed by atoms with Gasteiger partial charge in [-0.15, -0.1) is 0 Å². The number of hydrazone groups is 1. The molecule has 7 heteroatoms. The van der Waals surface area contributed by atoms with Crippen molar-refractivity contribution in [3.8, 4) is 17.6 Å². The summed E-state index contributed by atoms with van der Waals surface area (Å²) in [6.07, 6.45) is 0. The Morgan fingerprint density at radius 1 is 1.27 bits per heavy atom. The van der Waals surface area contributed by atoms with Crippen molar-refractivity contribution in [1.29, 1.82) is 5.26 Å². The highest BCUT2D eigenvalue weighted by molar-refractivity contribution is 5.99. The van der Waals surface area contributed by atoms with Crippen molar-refractivity contribution in [1.82, 2.24) is 4.98 Å². The molecule has 6 nitrogen and oxygen atoms in total. The van der Waals surface area contributed by atoms with Crippen molar-refractivity contribution in [2.45, 2.75) is 13.8 Å². The number of benzene rings is 2. The monoisotopic (exact) mass is 350 g/mol. The van der Waals surface area contributed by atoms with Crippen LogP contribution in [0.3, 0.4) is 0 Å². The van der Waals surface area contributed by atoms with Gasteiger partial charge in [0, 0.05) is 12.5 Å². The Hall–Kier alpha value is -3.66. The van der Waals surface area contributed by atoms with E-state index in [4.69, 9.17) is 14.4 Å². The van der Waals surface area contributed by atoms with Crippen LogP contribution in [-0.2, 0) is 0 Å². The molecule has 0 saturated carbocycles. The van der Waals surface area contributed by atoms with Gasteiger partial charge in [0.15, 0.2) is 17.5 Å². The van der Waals surface area contributed by atoms with Crippen LogP contribution in [0.2, 0.25) is 0 Å². The zero-order chi connectivity index (χ0) is 18.5. The van der Waals surface area contributed by atoms with Crippen LogP contribution in [0.4, 0.5) is 10.3 Å². The molecule has 0 radical (unpaired) electrons. The van der Waals surface area contributed by atoms with E-state index in [9.17, 15) is 4.39 Å². The predicted octanol–water partition coefficient (Wildman–Crippen LogP) is 4.62. The Labute approximate surface area is 149 Å². The molecule has 0 saturated heterocycles. The lowest BCUT2D eigenvalue weighted by atomic mass is 10.1. The van der Waals surface area contributed by atoms with E-state index in [-0.39, 0.29) is 17.3 Å². The number of aromatic nitrogens is 1. The van der Waals surface area contributed by atoms with Crippen molar-refractivity contribution < 1.29 is 13.5 Å². The number of nitrogens with one attached hydrogen (secondary N) is 1. The van der Waals surface area contributed by atoms with Crippen LogP contribution in [0.1, 0.15) is 24.1 Å². The smallest absolute Gasteiger partial charge is 0.252 e. The molecule has 2 aromatic carbocycles. The number of halogens is 1. The molecule has 0 bridgehead atoms. The Bertz CT molecular complexity index is 991. The highest BCUT2D eigenvalue weighted by Gasteiger charge is 2.11.